The van der Waals surface area contributed by atoms with Gasteiger partial charge in [0, 0.05) is 21.1 Å². The molecule has 0 heterocycles. The monoisotopic (exact) mass is 430 g/mol. The molecule has 4 heteroatoms. The fourth-order valence-electron chi connectivity index (χ4n) is 2.09. The SMILES string of the molecule is Clc1ccc(C(CBr)(CBr)COCc2ccccc2)cc1. The highest BCUT2D eigenvalue weighted by Gasteiger charge is 2.30. The van der Waals surface area contributed by atoms with Gasteiger partial charge in [-0.2, -0.15) is 0 Å². The molecular weight excluding hydrogens is 415 g/mol. The van der Waals surface area contributed by atoms with Crippen molar-refractivity contribution in [3.8, 4) is 0 Å². The van der Waals surface area contributed by atoms with E-state index in [1.165, 1.54) is 11.1 Å². The second-order valence-electron chi connectivity index (χ2n) is 5.03. The Morgan fingerprint density at radius 3 is 2.10 bits per heavy atom. The summed E-state index contributed by atoms with van der Waals surface area (Å²) >= 11 is 13.2. The van der Waals surface area contributed by atoms with Crippen LogP contribution in [0.25, 0.3) is 0 Å². The molecule has 0 aromatic heterocycles. The lowest BCUT2D eigenvalue weighted by molar-refractivity contribution is 0.0862. The maximum Gasteiger partial charge on any atom is 0.0717 e. The van der Waals surface area contributed by atoms with Crippen molar-refractivity contribution in [1.29, 1.82) is 0 Å². The summed E-state index contributed by atoms with van der Waals surface area (Å²) in [6.07, 6.45) is 0. The van der Waals surface area contributed by atoms with Crippen LogP contribution in [0, 0.1) is 0 Å². The van der Waals surface area contributed by atoms with Crippen LogP contribution in [0.5, 0.6) is 0 Å². The molecule has 1 nitrogen and oxygen atoms in total. The molecule has 0 spiro atoms. The molecular formula is C17H17Br2ClO. The Morgan fingerprint density at radius 2 is 1.52 bits per heavy atom. The average Bonchev–Trinajstić information content (AvgIpc) is 2.54. The molecule has 0 atom stereocenters. The normalized spacial score (nSPS) is 11.6. The Morgan fingerprint density at radius 1 is 0.905 bits per heavy atom. The van der Waals surface area contributed by atoms with Crippen LogP contribution in [-0.4, -0.2) is 17.3 Å². The smallest absolute Gasteiger partial charge is 0.0717 e. The third-order valence-electron chi connectivity index (χ3n) is 3.46. The van der Waals surface area contributed by atoms with Gasteiger partial charge < -0.3 is 4.74 Å². The third-order valence-corrected chi connectivity index (χ3v) is 5.86. The zero-order valence-corrected chi connectivity index (χ0v) is 15.5. The van der Waals surface area contributed by atoms with E-state index < -0.39 is 0 Å². The van der Waals surface area contributed by atoms with Gasteiger partial charge in [-0.15, -0.1) is 0 Å². The van der Waals surface area contributed by atoms with Crippen LogP contribution < -0.4 is 0 Å². The Labute approximate surface area is 147 Å². The maximum atomic E-state index is 5.98. The Balaban J connectivity index is 2.06. The van der Waals surface area contributed by atoms with Gasteiger partial charge in [0.2, 0.25) is 0 Å². The molecule has 21 heavy (non-hydrogen) atoms. The summed E-state index contributed by atoms with van der Waals surface area (Å²) in [5, 5.41) is 2.39. The van der Waals surface area contributed by atoms with E-state index in [4.69, 9.17) is 16.3 Å². The second-order valence-corrected chi connectivity index (χ2v) is 6.59. The molecule has 0 N–H and O–H groups in total. The number of alkyl halides is 2. The van der Waals surface area contributed by atoms with Crippen molar-refractivity contribution in [3.63, 3.8) is 0 Å². The van der Waals surface area contributed by atoms with E-state index in [2.05, 4.69) is 56.1 Å². The predicted octanol–water partition coefficient (Wildman–Crippen LogP) is 5.58. The van der Waals surface area contributed by atoms with Crippen LogP contribution in [0.4, 0.5) is 0 Å². The van der Waals surface area contributed by atoms with E-state index in [9.17, 15) is 0 Å². The van der Waals surface area contributed by atoms with Crippen molar-refractivity contribution in [2.24, 2.45) is 0 Å². The molecule has 0 aliphatic heterocycles. The van der Waals surface area contributed by atoms with Crippen molar-refractivity contribution >= 4 is 43.5 Å². The largest absolute Gasteiger partial charge is 0.376 e. The van der Waals surface area contributed by atoms with Crippen LogP contribution in [0.2, 0.25) is 5.02 Å². The lowest BCUT2D eigenvalue weighted by atomic mass is 9.85. The van der Waals surface area contributed by atoms with Crippen molar-refractivity contribution in [3.05, 3.63) is 70.7 Å². The summed E-state index contributed by atoms with van der Waals surface area (Å²) in [5.41, 5.74) is 2.31. The molecule has 0 fully saturated rings. The number of hydrogen-bond donors (Lipinski definition) is 0. The Bertz CT molecular complexity index is 538. The first-order valence-electron chi connectivity index (χ1n) is 6.70. The molecule has 0 saturated carbocycles. The van der Waals surface area contributed by atoms with E-state index in [1.54, 1.807) is 0 Å². The lowest BCUT2D eigenvalue weighted by Gasteiger charge is -2.30. The molecule has 0 unspecified atom stereocenters. The molecule has 0 saturated heterocycles. The summed E-state index contributed by atoms with van der Waals surface area (Å²) in [6.45, 7) is 1.26. The quantitative estimate of drug-likeness (QED) is 0.519. The standard InChI is InChI=1S/C17H17Br2ClO/c18-11-17(12-19,15-6-8-16(20)9-7-15)13-21-10-14-4-2-1-3-5-14/h1-9H,10-13H2. The number of halogens is 3. The van der Waals surface area contributed by atoms with Crippen LogP contribution in [0.1, 0.15) is 11.1 Å². The van der Waals surface area contributed by atoms with Crippen molar-refractivity contribution in [1.82, 2.24) is 0 Å². The fraction of sp³-hybridized carbons (Fsp3) is 0.294. The van der Waals surface area contributed by atoms with E-state index in [1.807, 2.05) is 30.3 Å². The summed E-state index contributed by atoms with van der Waals surface area (Å²) in [4.78, 5) is 0. The van der Waals surface area contributed by atoms with Crippen LogP contribution >= 0.6 is 43.5 Å². The molecule has 0 aliphatic carbocycles. The first-order valence-corrected chi connectivity index (χ1v) is 9.32. The fourth-order valence-corrected chi connectivity index (χ4v) is 4.12. The highest BCUT2D eigenvalue weighted by molar-refractivity contribution is 9.09. The van der Waals surface area contributed by atoms with Gasteiger partial charge in [-0.1, -0.05) is 85.9 Å². The Kier molecular flexibility index (Phi) is 6.74. The van der Waals surface area contributed by atoms with E-state index in [-0.39, 0.29) is 5.41 Å². The van der Waals surface area contributed by atoms with Gasteiger partial charge in [-0.3, -0.25) is 0 Å². The van der Waals surface area contributed by atoms with Crippen LogP contribution in [0.3, 0.4) is 0 Å². The maximum absolute atomic E-state index is 5.98. The predicted molar refractivity (Wildman–Crippen MR) is 96.8 cm³/mol. The van der Waals surface area contributed by atoms with Gasteiger partial charge in [0.25, 0.3) is 0 Å². The number of benzene rings is 2. The first-order chi connectivity index (χ1) is 10.2. The zero-order chi connectivity index (χ0) is 15.1. The van der Waals surface area contributed by atoms with Gasteiger partial charge >= 0.3 is 0 Å². The summed E-state index contributed by atoms with van der Waals surface area (Å²) in [5.74, 6) is 0. The number of ether oxygens (including phenoxy) is 1. The molecule has 2 aromatic carbocycles. The minimum atomic E-state index is -0.0978. The minimum Gasteiger partial charge on any atom is -0.376 e. The topological polar surface area (TPSA) is 9.23 Å². The number of rotatable bonds is 7. The first kappa shape index (κ1) is 17.0. The average molecular weight is 433 g/mol. The number of hydrogen-bond acceptors (Lipinski definition) is 1. The van der Waals surface area contributed by atoms with Crippen molar-refractivity contribution in [2.75, 3.05) is 17.3 Å². The molecule has 2 rings (SSSR count). The summed E-state index contributed by atoms with van der Waals surface area (Å²) in [6, 6.07) is 18.2. The highest BCUT2D eigenvalue weighted by atomic mass is 79.9. The van der Waals surface area contributed by atoms with Crippen molar-refractivity contribution in [2.45, 2.75) is 12.0 Å². The van der Waals surface area contributed by atoms with E-state index >= 15 is 0 Å². The molecule has 0 radical (unpaired) electrons. The molecule has 112 valence electrons. The van der Waals surface area contributed by atoms with Gasteiger partial charge in [0.1, 0.15) is 0 Å². The molecule has 0 amide bonds. The lowest BCUT2D eigenvalue weighted by Crippen LogP contribution is -2.35. The van der Waals surface area contributed by atoms with Gasteiger partial charge in [-0.25, -0.2) is 0 Å². The van der Waals surface area contributed by atoms with Crippen LogP contribution in [-0.2, 0) is 16.8 Å². The van der Waals surface area contributed by atoms with Gasteiger partial charge in [0.15, 0.2) is 0 Å². The minimum absolute atomic E-state index is 0.0978. The molecule has 0 aliphatic rings. The third kappa shape index (κ3) is 4.56. The summed E-state index contributed by atoms with van der Waals surface area (Å²) in [7, 11) is 0. The zero-order valence-electron chi connectivity index (χ0n) is 11.6. The van der Waals surface area contributed by atoms with Crippen LogP contribution in [0.15, 0.2) is 54.6 Å². The molecule has 2 aromatic rings. The van der Waals surface area contributed by atoms with Crippen molar-refractivity contribution < 1.29 is 4.74 Å². The molecule has 0 bridgehead atoms. The summed E-state index contributed by atoms with van der Waals surface area (Å²) < 4.78 is 5.96. The highest BCUT2D eigenvalue weighted by Crippen LogP contribution is 2.30. The second kappa shape index (κ2) is 8.33. The van der Waals surface area contributed by atoms with E-state index in [0.717, 1.165) is 15.7 Å². The van der Waals surface area contributed by atoms with Gasteiger partial charge in [0.05, 0.1) is 13.2 Å². The van der Waals surface area contributed by atoms with Gasteiger partial charge in [-0.05, 0) is 23.3 Å². The van der Waals surface area contributed by atoms with E-state index in [0.29, 0.717) is 13.2 Å². The Hall–Kier alpha value is -0.350.